The van der Waals surface area contributed by atoms with Gasteiger partial charge in [-0.1, -0.05) is 19.8 Å². The monoisotopic (exact) mass is 258 g/mol. The maximum absolute atomic E-state index is 13.7. The minimum atomic E-state index is -1.25. The Kier molecular flexibility index (Phi) is 3.78. The summed E-state index contributed by atoms with van der Waals surface area (Å²) in [6.45, 7) is 2.10. The van der Waals surface area contributed by atoms with Gasteiger partial charge < -0.3 is 4.90 Å². The largest absolute Gasteiger partial charge is 0.354 e. The van der Waals surface area contributed by atoms with Gasteiger partial charge in [-0.15, -0.1) is 0 Å². The van der Waals surface area contributed by atoms with Crippen LogP contribution in [-0.4, -0.2) is 18.1 Å². The molecule has 100 valence electrons. The highest BCUT2D eigenvalue weighted by Gasteiger charge is 2.28. The molecule has 0 radical (unpaired) electrons. The van der Waals surface area contributed by atoms with E-state index in [-0.39, 0.29) is 11.9 Å². The highest BCUT2D eigenvalue weighted by Crippen LogP contribution is 2.31. The van der Waals surface area contributed by atoms with Gasteiger partial charge in [0.1, 0.15) is 0 Å². The van der Waals surface area contributed by atoms with Crippen LogP contribution in [0, 0.1) is 23.5 Å². The molecule has 2 atom stereocenters. The van der Waals surface area contributed by atoms with Crippen molar-refractivity contribution in [3.05, 3.63) is 23.6 Å². The van der Waals surface area contributed by atoms with Gasteiger partial charge >= 0.3 is 0 Å². The molecular formula is C13H17F3N2. The van der Waals surface area contributed by atoms with E-state index in [1.54, 1.807) is 11.9 Å². The number of halogens is 3. The van der Waals surface area contributed by atoms with E-state index >= 15 is 0 Å². The van der Waals surface area contributed by atoms with E-state index < -0.39 is 17.6 Å². The average Bonchev–Trinajstić information content (AvgIpc) is 2.33. The first kappa shape index (κ1) is 13.2. The Morgan fingerprint density at radius 1 is 1.17 bits per heavy atom. The summed E-state index contributed by atoms with van der Waals surface area (Å²) < 4.78 is 39.6. The number of aromatic nitrogens is 1. The number of hydrogen-bond acceptors (Lipinski definition) is 2. The lowest BCUT2D eigenvalue weighted by Crippen LogP contribution is -2.40. The molecule has 1 heterocycles. The zero-order chi connectivity index (χ0) is 13.3. The molecule has 5 heteroatoms. The molecule has 1 fully saturated rings. The summed E-state index contributed by atoms with van der Waals surface area (Å²) in [6, 6.07) is 0.687. The zero-order valence-electron chi connectivity index (χ0n) is 10.6. The molecule has 2 unspecified atom stereocenters. The third kappa shape index (κ3) is 2.44. The Bertz CT molecular complexity index is 436. The first-order chi connectivity index (χ1) is 8.50. The van der Waals surface area contributed by atoms with Crippen LogP contribution in [0.4, 0.5) is 19.0 Å². The van der Waals surface area contributed by atoms with Crippen LogP contribution in [0.15, 0.2) is 6.07 Å². The molecule has 0 saturated heterocycles. The highest BCUT2D eigenvalue weighted by atomic mass is 19.2. The van der Waals surface area contributed by atoms with Gasteiger partial charge in [-0.3, -0.25) is 0 Å². The van der Waals surface area contributed by atoms with Crippen LogP contribution in [0.5, 0.6) is 0 Å². The maximum atomic E-state index is 13.7. The fourth-order valence-corrected chi connectivity index (χ4v) is 2.71. The Balaban J connectivity index is 2.27. The van der Waals surface area contributed by atoms with E-state index in [1.807, 2.05) is 0 Å². The Morgan fingerprint density at radius 3 is 2.50 bits per heavy atom. The minimum Gasteiger partial charge on any atom is -0.354 e. The summed E-state index contributed by atoms with van der Waals surface area (Å²) in [7, 11) is 1.69. The summed E-state index contributed by atoms with van der Waals surface area (Å²) in [5, 5.41) is 0. The second-order valence-corrected chi connectivity index (χ2v) is 5.01. The van der Waals surface area contributed by atoms with Crippen LogP contribution in [0.2, 0.25) is 0 Å². The van der Waals surface area contributed by atoms with Crippen molar-refractivity contribution in [3.63, 3.8) is 0 Å². The SMILES string of the molecule is CC1CCCCC1N(C)c1nc(F)c(F)cc1F. The number of rotatable bonds is 2. The zero-order valence-corrected chi connectivity index (χ0v) is 10.6. The first-order valence-electron chi connectivity index (χ1n) is 6.25. The lowest BCUT2D eigenvalue weighted by molar-refractivity contribution is 0.317. The third-order valence-electron chi connectivity index (χ3n) is 3.77. The molecule has 0 aliphatic heterocycles. The van der Waals surface area contributed by atoms with Crippen molar-refractivity contribution in [2.45, 2.75) is 38.6 Å². The number of nitrogens with zero attached hydrogens (tertiary/aromatic N) is 2. The quantitative estimate of drug-likeness (QED) is 0.755. The van der Waals surface area contributed by atoms with Crippen molar-refractivity contribution in [2.75, 3.05) is 11.9 Å². The normalized spacial score (nSPS) is 24.1. The molecule has 18 heavy (non-hydrogen) atoms. The molecule has 0 spiro atoms. The molecule has 2 rings (SSSR count). The smallest absolute Gasteiger partial charge is 0.251 e. The van der Waals surface area contributed by atoms with E-state index in [1.165, 1.54) is 6.42 Å². The summed E-state index contributed by atoms with van der Waals surface area (Å²) in [5.74, 6) is -3.01. The van der Waals surface area contributed by atoms with E-state index in [9.17, 15) is 13.2 Å². The lowest BCUT2D eigenvalue weighted by Gasteiger charge is -2.37. The van der Waals surface area contributed by atoms with E-state index in [2.05, 4.69) is 11.9 Å². The molecule has 0 bridgehead atoms. The van der Waals surface area contributed by atoms with Crippen molar-refractivity contribution >= 4 is 5.82 Å². The minimum absolute atomic E-state index is 0.104. The molecular weight excluding hydrogens is 241 g/mol. The van der Waals surface area contributed by atoms with E-state index in [0.717, 1.165) is 19.3 Å². The van der Waals surface area contributed by atoms with Crippen molar-refractivity contribution in [2.24, 2.45) is 5.92 Å². The summed E-state index contributed by atoms with van der Waals surface area (Å²) >= 11 is 0. The lowest BCUT2D eigenvalue weighted by atomic mass is 9.85. The van der Waals surface area contributed by atoms with Gasteiger partial charge in [0.15, 0.2) is 17.5 Å². The van der Waals surface area contributed by atoms with Crippen molar-refractivity contribution < 1.29 is 13.2 Å². The van der Waals surface area contributed by atoms with Crippen LogP contribution >= 0.6 is 0 Å². The van der Waals surface area contributed by atoms with Crippen LogP contribution < -0.4 is 4.90 Å². The Hall–Kier alpha value is -1.26. The highest BCUT2D eigenvalue weighted by molar-refractivity contribution is 5.40. The maximum Gasteiger partial charge on any atom is 0.251 e. The van der Waals surface area contributed by atoms with Crippen molar-refractivity contribution in [1.29, 1.82) is 0 Å². The number of anilines is 1. The summed E-state index contributed by atoms with van der Waals surface area (Å²) in [4.78, 5) is 5.03. The van der Waals surface area contributed by atoms with Gasteiger partial charge in [0, 0.05) is 19.2 Å². The van der Waals surface area contributed by atoms with Crippen LogP contribution in [0.25, 0.3) is 0 Å². The number of pyridine rings is 1. The molecule has 1 aliphatic rings. The molecule has 0 aromatic carbocycles. The van der Waals surface area contributed by atoms with Crippen LogP contribution in [0.1, 0.15) is 32.6 Å². The van der Waals surface area contributed by atoms with Gasteiger partial charge in [-0.2, -0.15) is 9.37 Å². The predicted molar refractivity (Wildman–Crippen MR) is 63.9 cm³/mol. The van der Waals surface area contributed by atoms with Gasteiger partial charge in [-0.25, -0.2) is 8.78 Å². The average molecular weight is 258 g/mol. The van der Waals surface area contributed by atoms with Crippen molar-refractivity contribution in [1.82, 2.24) is 4.98 Å². The fourth-order valence-electron chi connectivity index (χ4n) is 2.71. The number of hydrogen-bond donors (Lipinski definition) is 0. The van der Waals surface area contributed by atoms with Gasteiger partial charge in [0.05, 0.1) is 0 Å². The third-order valence-corrected chi connectivity index (χ3v) is 3.77. The molecule has 0 N–H and O–H groups in total. The second-order valence-electron chi connectivity index (χ2n) is 5.01. The van der Waals surface area contributed by atoms with Crippen LogP contribution in [0.3, 0.4) is 0 Å². The Morgan fingerprint density at radius 2 is 1.83 bits per heavy atom. The second kappa shape index (κ2) is 5.16. The Labute approximate surface area is 105 Å². The fraction of sp³-hybridized carbons (Fsp3) is 0.615. The molecule has 1 aliphatic carbocycles. The van der Waals surface area contributed by atoms with E-state index in [4.69, 9.17) is 0 Å². The summed E-state index contributed by atoms with van der Waals surface area (Å²) in [6.07, 6.45) is 4.24. The predicted octanol–water partition coefficient (Wildman–Crippen LogP) is 3.51. The van der Waals surface area contributed by atoms with Gasteiger partial charge in [0.25, 0.3) is 5.95 Å². The standard InChI is InChI=1S/C13H17F3N2/c1-8-5-3-4-6-11(8)18(2)13-10(15)7-9(14)12(16)17-13/h7-8,11H,3-6H2,1-2H3. The molecule has 2 nitrogen and oxygen atoms in total. The van der Waals surface area contributed by atoms with Crippen LogP contribution in [-0.2, 0) is 0 Å². The van der Waals surface area contributed by atoms with Gasteiger partial charge in [-0.05, 0) is 18.8 Å². The molecule has 1 saturated carbocycles. The summed E-state index contributed by atoms with van der Waals surface area (Å²) in [5.41, 5.74) is 0. The molecule has 0 amide bonds. The van der Waals surface area contributed by atoms with Crippen molar-refractivity contribution in [3.8, 4) is 0 Å². The van der Waals surface area contributed by atoms with Gasteiger partial charge in [0.2, 0.25) is 0 Å². The first-order valence-corrected chi connectivity index (χ1v) is 6.25. The topological polar surface area (TPSA) is 16.1 Å². The molecule has 1 aromatic rings. The molecule has 1 aromatic heterocycles. The van der Waals surface area contributed by atoms with E-state index in [0.29, 0.717) is 12.0 Å².